The molecule has 0 saturated heterocycles. The van der Waals surface area contributed by atoms with Gasteiger partial charge in [-0.1, -0.05) is 24.3 Å². The molecule has 0 aliphatic heterocycles. The second-order valence-corrected chi connectivity index (χ2v) is 5.50. The molecule has 1 atom stereocenters. The van der Waals surface area contributed by atoms with Crippen LogP contribution in [0.1, 0.15) is 30.5 Å². The third-order valence-electron chi connectivity index (χ3n) is 3.58. The molecule has 1 N–H and O–H groups in total. The van der Waals surface area contributed by atoms with Crippen LogP contribution in [0.4, 0.5) is 4.39 Å². The number of aliphatic carboxylic acids is 1. The van der Waals surface area contributed by atoms with Gasteiger partial charge in [0.2, 0.25) is 5.91 Å². The van der Waals surface area contributed by atoms with E-state index in [2.05, 4.69) is 5.32 Å². The summed E-state index contributed by atoms with van der Waals surface area (Å²) in [6.07, 6.45) is -0.315. The highest BCUT2D eigenvalue weighted by atomic mass is 19.1. The molecular formula is C19H19FNO4-. The first-order valence-electron chi connectivity index (χ1n) is 7.94. The van der Waals surface area contributed by atoms with Crippen molar-refractivity contribution in [3.8, 4) is 5.75 Å². The van der Waals surface area contributed by atoms with Gasteiger partial charge in [0.1, 0.15) is 11.6 Å². The Hall–Kier alpha value is -2.89. The number of rotatable bonds is 8. The lowest BCUT2D eigenvalue weighted by Crippen LogP contribution is -2.35. The molecule has 5 nitrogen and oxygen atoms in total. The average molecular weight is 344 g/mol. The maximum atomic E-state index is 12.9. The highest BCUT2D eigenvalue weighted by molar-refractivity contribution is 5.79. The van der Waals surface area contributed by atoms with E-state index in [9.17, 15) is 19.1 Å². The molecular weight excluding hydrogens is 325 g/mol. The van der Waals surface area contributed by atoms with E-state index in [0.717, 1.165) is 0 Å². The summed E-state index contributed by atoms with van der Waals surface area (Å²) in [6, 6.07) is 11.7. The topological polar surface area (TPSA) is 78.5 Å². The van der Waals surface area contributed by atoms with Crippen molar-refractivity contribution in [2.45, 2.75) is 25.8 Å². The molecule has 2 aromatic carbocycles. The Morgan fingerprint density at radius 1 is 1.12 bits per heavy atom. The van der Waals surface area contributed by atoms with Crippen molar-refractivity contribution in [3.63, 3.8) is 0 Å². The molecule has 1 amide bonds. The van der Waals surface area contributed by atoms with E-state index in [1.807, 2.05) is 6.92 Å². The van der Waals surface area contributed by atoms with Gasteiger partial charge in [0, 0.05) is 12.4 Å². The maximum absolute atomic E-state index is 12.9. The fourth-order valence-electron chi connectivity index (χ4n) is 2.41. The average Bonchev–Trinajstić information content (AvgIpc) is 2.57. The van der Waals surface area contributed by atoms with E-state index in [4.69, 9.17) is 4.74 Å². The van der Waals surface area contributed by atoms with Crippen LogP contribution < -0.4 is 15.2 Å². The number of carbonyl (C=O) groups excluding carboxylic acids is 2. The summed E-state index contributed by atoms with van der Waals surface area (Å²) in [5.74, 6) is -1.34. The van der Waals surface area contributed by atoms with Crippen LogP contribution in [-0.4, -0.2) is 18.5 Å². The van der Waals surface area contributed by atoms with Gasteiger partial charge in [-0.3, -0.25) is 4.79 Å². The summed E-state index contributed by atoms with van der Waals surface area (Å²) in [5.41, 5.74) is 1.28. The summed E-state index contributed by atoms with van der Waals surface area (Å²) in [6.45, 7) is 2.39. The quantitative estimate of drug-likeness (QED) is 0.791. The monoisotopic (exact) mass is 344 g/mol. The minimum Gasteiger partial charge on any atom is -0.550 e. The molecule has 2 aromatic rings. The number of halogens is 1. The third kappa shape index (κ3) is 5.91. The molecule has 25 heavy (non-hydrogen) atoms. The van der Waals surface area contributed by atoms with Gasteiger partial charge in [-0.25, -0.2) is 4.39 Å². The Kier molecular flexibility index (Phi) is 6.51. The van der Waals surface area contributed by atoms with Crippen LogP contribution in [-0.2, 0) is 16.0 Å². The minimum absolute atomic E-state index is 0.0286. The highest BCUT2D eigenvalue weighted by Crippen LogP contribution is 2.20. The van der Waals surface area contributed by atoms with Gasteiger partial charge in [0.15, 0.2) is 0 Å². The van der Waals surface area contributed by atoms with Crippen molar-refractivity contribution in [3.05, 3.63) is 65.5 Å². The fraction of sp³-hybridized carbons (Fsp3) is 0.263. The molecule has 132 valence electrons. The Morgan fingerprint density at radius 3 is 2.32 bits per heavy atom. The Morgan fingerprint density at radius 2 is 1.76 bits per heavy atom. The van der Waals surface area contributed by atoms with Crippen LogP contribution in [0.3, 0.4) is 0 Å². The van der Waals surface area contributed by atoms with Crippen molar-refractivity contribution in [2.24, 2.45) is 0 Å². The smallest absolute Gasteiger partial charge is 0.224 e. The Balaban J connectivity index is 2.07. The zero-order chi connectivity index (χ0) is 18.2. The molecule has 1 unspecified atom stereocenters. The molecule has 2 rings (SSSR count). The SMILES string of the molecule is CCOc1ccc(C(CC(=O)[O-])NC(=O)Cc2ccc(F)cc2)cc1. The van der Waals surface area contributed by atoms with Crippen molar-refractivity contribution in [1.82, 2.24) is 5.32 Å². The van der Waals surface area contributed by atoms with Gasteiger partial charge < -0.3 is 20.0 Å². The lowest BCUT2D eigenvalue weighted by molar-refractivity contribution is -0.306. The summed E-state index contributed by atoms with van der Waals surface area (Å²) >= 11 is 0. The number of carboxylic acid groups (broad SMARTS) is 1. The molecule has 6 heteroatoms. The van der Waals surface area contributed by atoms with Crippen molar-refractivity contribution >= 4 is 11.9 Å². The first kappa shape index (κ1) is 18.4. The predicted molar refractivity (Wildman–Crippen MR) is 88.2 cm³/mol. The largest absolute Gasteiger partial charge is 0.550 e. The summed E-state index contributed by atoms with van der Waals surface area (Å²) in [4.78, 5) is 23.2. The summed E-state index contributed by atoms with van der Waals surface area (Å²) in [7, 11) is 0. The highest BCUT2D eigenvalue weighted by Gasteiger charge is 2.15. The van der Waals surface area contributed by atoms with Crippen LogP contribution in [0.15, 0.2) is 48.5 Å². The summed E-state index contributed by atoms with van der Waals surface area (Å²) < 4.78 is 18.2. The third-order valence-corrected chi connectivity index (χ3v) is 3.58. The lowest BCUT2D eigenvalue weighted by Gasteiger charge is -2.20. The second kappa shape index (κ2) is 8.82. The van der Waals surface area contributed by atoms with Crippen LogP contribution in [0.5, 0.6) is 5.75 Å². The van der Waals surface area contributed by atoms with E-state index in [1.54, 1.807) is 24.3 Å². The normalized spacial score (nSPS) is 11.6. The molecule has 0 radical (unpaired) electrons. The van der Waals surface area contributed by atoms with Crippen LogP contribution in [0.25, 0.3) is 0 Å². The number of nitrogens with one attached hydrogen (secondary N) is 1. The molecule has 0 bridgehead atoms. The molecule has 0 heterocycles. The minimum atomic E-state index is -1.26. The van der Waals surface area contributed by atoms with Crippen LogP contribution in [0.2, 0.25) is 0 Å². The van der Waals surface area contributed by atoms with Gasteiger partial charge in [-0.05, 0) is 42.3 Å². The Bertz CT molecular complexity index is 713. The van der Waals surface area contributed by atoms with Gasteiger partial charge >= 0.3 is 0 Å². The van der Waals surface area contributed by atoms with Crippen molar-refractivity contribution < 1.29 is 23.8 Å². The Labute approximate surface area is 145 Å². The van der Waals surface area contributed by atoms with Gasteiger partial charge in [0.25, 0.3) is 0 Å². The van der Waals surface area contributed by atoms with Gasteiger partial charge in [-0.2, -0.15) is 0 Å². The number of ether oxygens (including phenoxy) is 1. The van der Waals surface area contributed by atoms with E-state index in [-0.39, 0.29) is 24.6 Å². The molecule has 0 aromatic heterocycles. The van der Waals surface area contributed by atoms with Gasteiger partial charge in [-0.15, -0.1) is 0 Å². The first-order chi connectivity index (χ1) is 12.0. The zero-order valence-corrected chi connectivity index (χ0v) is 13.8. The summed E-state index contributed by atoms with van der Waals surface area (Å²) in [5, 5.41) is 13.7. The fourth-order valence-corrected chi connectivity index (χ4v) is 2.41. The second-order valence-electron chi connectivity index (χ2n) is 5.50. The number of amides is 1. The van der Waals surface area contributed by atoms with Crippen LogP contribution in [0, 0.1) is 5.82 Å². The molecule has 0 aliphatic carbocycles. The molecule has 0 fully saturated rings. The molecule has 0 spiro atoms. The van der Waals surface area contributed by atoms with E-state index >= 15 is 0 Å². The molecule has 0 aliphatic rings. The van der Waals surface area contributed by atoms with E-state index in [1.165, 1.54) is 24.3 Å². The lowest BCUT2D eigenvalue weighted by atomic mass is 10.0. The van der Waals surface area contributed by atoms with Crippen molar-refractivity contribution in [2.75, 3.05) is 6.61 Å². The van der Waals surface area contributed by atoms with E-state index < -0.39 is 12.0 Å². The number of carbonyl (C=O) groups is 2. The standard InChI is InChI=1S/C19H20FNO4/c1-2-25-16-9-5-14(6-10-16)17(12-19(23)24)21-18(22)11-13-3-7-15(20)8-4-13/h3-10,17H,2,11-12H2,1H3,(H,21,22)(H,23,24)/p-1. The zero-order valence-electron chi connectivity index (χ0n) is 13.8. The first-order valence-corrected chi connectivity index (χ1v) is 7.94. The van der Waals surface area contributed by atoms with E-state index in [0.29, 0.717) is 23.5 Å². The number of carboxylic acids is 1. The number of hydrogen-bond donors (Lipinski definition) is 1. The van der Waals surface area contributed by atoms with Gasteiger partial charge in [0.05, 0.1) is 19.1 Å². The number of benzene rings is 2. The number of hydrogen-bond acceptors (Lipinski definition) is 4. The van der Waals surface area contributed by atoms with Crippen molar-refractivity contribution in [1.29, 1.82) is 0 Å². The maximum Gasteiger partial charge on any atom is 0.224 e. The van der Waals surface area contributed by atoms with Crippen LogP contribution >= 0.6 is 0 Å². The molecule has 0 saturated carbocycles. The predicted octanol–water partition coefficient (Wildman–Crippen LogP) is 1.76.